The van der Waals surface area contributed by atoms with Crippen molar-refractivity contribution >= 4 is 12.0 Å². The van der Waals surface area contributed by atoms with Crippen molar-refractivity contribution in [3.8, 4) is 0 Å². The highest BCUT2D eigenvalue weighted by molar-refractivity contribution is 5.74. The first kappa shape index (κ1) is 16.8. The van der Waals surface area contributed by atoms with E-state index >= 15 is 0 Å². The van der Waals surface area contributed by atoms with E-state index in [0.29, 0.717) is 25.4 Å². The number of amides is 2. The number of nitrogens with one attached hydrogen (secondary N) is 1. The summed E-state index contributed by atoms with van der Waals surface area (Å²) < 4.78 is 0. The maximum Gasteiger partial charge on any atom is 0.317 e. The van der Waals surface area contributed by atoms with Crippen LogP contribution in [0, 0.1) is 0 Å². The molecule has 2 N–H and O–H groups in total. The third kappa shape index (κ3) is 5.36. The zero-order chi connectivity index (χ0) is 15.0. The predicted octanol–water partition coefficient (Wildman–Crippen LogP) is 1.37. The molecule has 1 fully saturated rings. The molecule has 1 unspecified atom stereocenters. The van der Waals surface area contributed by atoms with Crippen molar-refractivity contribution in [2.24, 2.45) is 0 Å². The van der Waals surface area contributed by atoms with Crippen molar-refractivity contribution < 1.29 is 14.7 Å². The zero-order valence-electron chi connectivity index (χ0n) is 12.6. The number of unbranched alkanes of at least 4 members (excludes halogenated alkanes) is 1. The molecule has 0 saturated carbocycles. The summed E-state index contributed by atoms with van der Waals surface area (Å²) in [5.74, 6) is -0.780. The molecular formula is C14H27N3O3. The van der Waals surface area contributed by atoms with Gasteiger partial charge >= 0.3 is 12.0 Å². The Kier molecular flexibility index (Phi) is 7.36. The van der Waals surface area contributed by atoms with Gasteiger partial charge in [0, 0.05) is 32.1 Å². The summed E-state index contributed by atoms with van der Waals surface area (Å²) in [6, 6.07) is 0.456. The number of aliphatic carboxylic acids is 1. The number of hydrogen-bond donors (Lipinski definition) is 2. The van der Waals surface area contributed by atoms with Crippen molar-refractivity contribution in [1.82, 2.24) is 15.1 Å². The van der Waals surface area contributed by atoms with Gasteiger partial charge in [0.1, 0.15) is 0 Å². The van der Waals surface area contributed by atoms with Gasteiger partial charge in [-0.05, 0) is 32.4 Å². The summed E-state index contributed by atoms with van der Waals surface area (Å²) in [7, 11) is 0. The number of carboxylic acid groups (broad SMARTS) is 1. The minimum Gasteiger partial charge on any atom is -0.481 e. The van der Waals surface area contributed by atoms with E-state index in [4.69, 9.17) is 5.11 Å². The maximum atomic E-state index is 12.0. The molecule has 1 aliphatic heterocycles. The van der Waals surface area contributed by atoms with Gasteiger partial charge in [-0.2, -0.15) is 0 Å². The van der Waals surface area contributed by atoms with Crippen LogP contribution < -0.4 is 5.32 Å². The molecule has 0 bridgehead atoms. The fraction of sp³-hybridized carbons (Fsp3) is 0.857. The van der Waals surface area contributed by atoms with Crippen molar-refractivity contribution in [2.75, 3.05) is 32.7 Å². The Morgan fingerprint density at radius 1 is 1.30 bits per heavy atom. The number of urea groups is 1. The van der Waals surface area contributed by atoms with Crippen molar-refractivity contribution in [1.29, 1.82) is 0 Å². The molecule has 1 rings (SSSR count). The quantitative estimate of drug-likeness (QED) is 0.661. The molecule has 1 heterocycles. The Morgan fingerprint density at radius 2 is 2.00 bits per heavy atom. The van der Waals surface area contributed by atoms with Crippen LogP contribution >= 0.6 is 0 Å². The SMILES string of the molecule is CCN(CC)C1CCN(C(=O)NCCCCC(=O)O)C1. The summed E-state index contributed by atoms with van der Waals surface area (Å²) in [6.07, 6.45) is 2.53. The predicted molar refractivity (Wildman–Crippen MR) is 77.8 cm³/mol. The van der Waals surface area contributed by atoms with E-state index in [9.17, 15) is 9.59 Å². The number of likely N-dealkylation sites (tertiary alicyclic amines) is 1. The van der Waals surface area contributed by atoms with Gasteiger partial charge in [-0.1, -0.05) is 13.8 Å². The zero-order valence-corrected chi connectivity index (χ0v) is 12.6. The Balaban J connectivity index is 2.20. The smallest absolute Gasteiger partial charge is 0.317 e. The lowest BCUT2D eigenvalue weighted by molar-refractivity contribution is -0.137. The van der Waals surface area contributed by atoms with E-state index in [1.807, 2.05) is 4.90 Å². The van der Waals surface area contributed by atoms with E-state index in [-0.39, 0.29) is 12.5 Å². The first-order valence-corrected chi connectivity index (χ1v) is 7.57. The van der Waals surface area contributed by atoms with Gasteiger partial charge in [0.25, 0.3) is 0 Å². The molecule has 116 valence electrons. The number of hydrogen-bond acceptors (Lipinski definition) is 3. The summed E-state index contributed by atoms with van der Waals surface area (Å²) in [6.45, 7) is 8.49. The number of nitrogens with zero attached hydrogens (tertiary/aromatic N) is 2. The lowest BCUT2D eigenvalue weighted by Gasteiger charge is -2.26. The van der Waals surface area contributed by atoms with Gasteiger partial charge in [-0.3, -0.25) is 9.69 Å². The molecule has 1 atom stereocenters. The highest BCUT2D eigenvalue weighted by Crippen LogP contribution is 2.15. The molecule has 0 aromatic rings. The molecule has 0 aromatic carbocycles. The average Bonchev–Trinajstić information content (AvgIpc) is 2.89. The van der Waals surface area contributed by atoms with Gasteiger partial charge < -0.3 is 15.3 Å². The van der Waals surface area contributed by atoms with E-state index in [0.717, 1.165) is 32.6 Å². The van der Waals surface area contributed by atoms with Crippen LogP contribution in [0.5, 0.6) is 0 Å². The standard InChI is InChI=1S/C14H27N3O3/c1-3-16(4-2)12-8-10-17(11-12)14(20)15-9-6-5-7-13(18)19/h12H,3-11H2,1-2H3,(H,15,20)(H,18,19). The normalized spacial score (nSPS) is 18.6. The second-order valence-corrected chi connectivity index (χ2v) is 5.19. The number of carboxylic acids is 1. The first-order chi connectivity index (χ1) is 9.58. The molecular weight excluding hydrogens is 258 g/mol. The summed E-state index contributed by atoms with van der Waals surface area (Å²) in [4.78, 5) is 26.6. The van der Waals surface area contributed by atoms with Crippen LogP contribution in [-0.4, -0.2) is 65.7 Å². The average molecular weight is 285 g/mol. The van der Waals surface area contributed by atoms with Crippen LogP contribution in [0.3, 0.4) is 0 Å². The molecule has 0 radical (unpaired) electrons. The van der Waals surface area contributed by atoms with Crippen molar-refractivity contribution in [3.63, 3.8) is 0 Å². The highest BCUT2D eigenvalue weighted by Gasteiger charge is 2.28. The third-order valence-electron chi connectivity index (χ3n) is 3.87. The Bertz CT molecular complexity index is 319. The second kappa shape index (κ2) is 8.79. The van der Waals surface area contributed by atoms with E-state index in [1.165, 1.54) is 0 Å². The fourth-order valence-electron chi connectivity index (χ4n) is 2.67. The summed E-state index contributed by atoms with van der Waals surface area (Å²) in [5, 5.41) is 11.4. The number of carbonyl (C=O) groups excluding carboxylic acids is 1. The van der Waals surface area contributed by atoms with Crippen LogP contribution in [0.15, 0.2) is 0 Å². The Labute approximate surface area is 121 Å². The number of rotatable bonds is 8. The maximum absolute atomic E-state index is 12.0. The van der Waals surface area contributed by atoms with Gasteiger partial charge in [-0.15, -0.1) is 0 Å². The van der Waals surface area contributed by atoms with Crippen molar-refractivity contribution in [3.05, 3.63) is 0 Å². The van der Waals surface area contributed by atoms with Crippen LogP contribution in [-0.2, 0) is 4.79 Å². The molecule has 2 amide bonds. The van der Waals surface area contributed by atoms with Crippen LogP contribution in [0.25, 0.3) is 0 Å². The molecule has 1 aliphatic rings. The topological polar surface area (TPSA) is 72.9 Å². The largest absolute Gasteiger partial charge is 0.481 e. The molecule has 6 nitrogen and oxygen atoms in total. The van der Waals surface area contributed by atoms with Crippen molar-refractivity contribution in [2.45, 2.75) is 45.6 Å². The lowest BCUT2D eigenvalue weighted by Crippen LogP contribution is -2.42. The first-order valence-electron chi connectivity index (χ1n) is 7.57. The van der Waals surface area contributed by atoms with E-state index in [1.54, 1.807) is 0 Å². The van der Waals surface area contributed by atoms with Gasteiger partial charge in [0.05, 0.1) is 0 Å². The van der Waals surface area contributed by atoms with Gasteiger partial charge in [0.15, 0.2) is 0 Å². The van der Waals surface area contributed by atoms with E-state index in [2.05, 4.69) is 24.1 Å². The number of likely N-dealkylation sites (N-methyl/N-ethyl adjacent to an activating group) is 1. The minimum absolute atomic E-state index is 0.0185. The van der Waals surface area contributed by atoms with Crippen LogP contribution in [0.1, 0.15) is 39.5 Å². The molecule has 20 heavy (non-hydrogen) atoms. The highest BCUT2D eigenvalue weighted by atomic mass is 16.4. The Morgan fingerprint density at radius 3 is 2.60 bits per heavy atom. The minimum atomic E-state index is -0.780. The second-order valence-electron chi connectivity index (χ2n) is 5.19. The Hall–Kier alpha value is -1.30. The summed E-state index contributed by atoms with van der Waals surface area (Å²) >= 11 is 0. The van der Waals surface area contributed by atoms with Crippen LogP contribution in [0.2, 0.25) is 0 Å². The van der Waals surface area contributed by atoms with E-state index < -0.39 is 5.97 Å². The van der Waals surface area contributed by atoms with Crippen LogP contribution in [0.4, 0.5) is 4.79 Å². The van der Waals surface area contributed by atoms with Gasteiger partial charge in [0.2, 0.25) is 0 Å². The van der Waals surface area contributed by atoms with Gasteiger partial charge in [-0.25, -0.2) is 4.79 Å². The molecule has 0 spiro atoms. The number of carbonyl (C=O) groups is 2. The molecule has 6 heteroatoms. The monoisotopic (exact) mass is 285 g/mol. The molecule has 1 saturated heterocycles. The fourth-order valence-corrected chi connectivity index (χ4v) is 2.67. The molecule has 0 aliphatic carbocycles. The molecule has 0 aromatic heterocycles. The summed E-state index contributed by atoms with van der Waals surface area (Å²) in [5.41, 5.74) is 0. The lowest BCUT2D eigenvalue weighted by atomic mass is 10.2. The third-order valence-corrected chi connectivity index (χ3v) is 3.87.